The van der Waals surface area contributed by atoms with Crippen LogP contribution in [0.25, 0.3) is 0 Å². The molecule has 0 bridgehead atoms. The maximum Gasteiger partial charge on any atom is 0.228 e. The quantitative estimate of drug-likeness (QED) is 0.661. The second kappa shape index (κ2) is 2.90. The van der Waals surface area contributed by atoms with Crippen LogP contribution in [0.1, 0.15) is 25.3 Å². The summed E-state index contributed by atoms with van der Waals surface area (Å²) in [5.41, 5.74) is 9.72. The molecule has 0 spiro atoms. The smallest absolute Gasteiger partial charge is 0.228 e. The molecule has 0 aromatic heterocycles. The highest BCUT2D eigenvalue weighted by Gasteiger charge is 2.37. The molecule has 16 heavy (non-hydrogen) atoms. The lowest BCUT2D eigenvalue weighted by atomic mass is 10.1. The number of nitrogens with one attached hydrogen (secondary N) is 2. The number of carbonyl (C=O) groups excluding carboxylic acids is 1. The molecular weight excluding hydrogens is 202 g/mol. The van der Waals surface area contributed by atoms with Gasteiger partial charge in [0.15, 0.2) is 0 Å². The van der Waals surface area contributed by atoms with Crippen LogP contribution in [0.5, 0.6) is 0 Å². The van der Waals surface area contributed by atoms with Crippen LogP contribution < -0.4 is 16.4 Å². The third kappa shape index (κ3) is 1.50. The normalized spacial score (nSPS) is 20.2. The van der Waals surface area contributed by atoms with Crippen molar-refractivity contribution in [1.29, 1.82) is 0 Å². The molecule has 4 N–H and O–H groups in total. The van der Waals surface area contributed by atoms with Gasteiger partial charge in [-0.2, -0.15) is 0 Å². The Balaban J connectivity index is 1.95. The monoisotopic (exact) mass is 217 g/mol. The van der Waals surface area contributed by atoms with E-state index in [0.29, 0.717) is 6.42 Å². The van der Waals surface area contributed by atoms with Crippen LogP contribution in [0.3, 0.4) is 0 Å². The zero-order valence-corrected chi connectivity index (χ0v) is 9.26. The number of nitrogens with two attached hydrogens (primary N) is 1. The molecule has 3 rings (SSSR count). The van der Waals surface area contributed by atoms with Crippen LogP contribution in [-0.2, 0) is 11.2 Å². The number of rotatable bonds is 2. The van der Waals surface area contributed by atoms with E-state index in [-0.39, 0.29) is 11.4 Å². The van der Waals surface area contributed by atoms with Crippen LogP contribution in [0.2, 0.25) is 0 Å². The number of benzene rings is 1. The largest absolute Gasteiger partial charge is 0.397 e. The first kappa shape index (κ1) is 9.51. The highest BCUT2D eigenvalue weighted by Crippen LogP contribution is 2.41. The van der Waals surface area contributed by atoms with Crippen LogP contribution >= 0.6 is 0 Å². The molecule has 0 atom stereocenters. The number of amides is 1. The Morgan fingerprint density at radius 2 is 2.19 bits per heavy atom. The Labute approximate surface area is 94.2 Å². The average Bonchev–Trinajstić information content (AvgIpc) is 2.80. The van der Waals surface area contributed by atoms with Crippen LogP contribution in [0, 0.1) is 0 Å². The van der Waals surface area contributed by atoms with Gasteiger partial charge in [-0.25, -0.2) is 0 Å². The van der Waals surface area contributed by atoms with Crippen LogP contribution in [-0.4, -0.2) is 11.4 Å². The summed E-state index contributed by atoms with van der Waals surface area (Å²) in [4.78, 5) is 11.2. The van der Waals surface area contributed by atoms with Crippen molar-refractivity contribution in [3.05, 3.63) is 17.7 Å². The second-order valence-electron chi connectivity index (χ2n) is 5.01. The van der Waals surface area contributed by atoms with Gasteiger partial charge in [-0.3, -0.25) is 4.79 Å². The van der Waals surface area contributed by atoms with Crippen molar-refractivity contribution in [2.75, 3.05) is 16.4 Å². The molecule has 1 aliphatic carbocycles. The number of carbonyl (C=O) groups is 1. The van der Waals surface area contributed by atoms with E-state index in [4.69, 9.17) is 5.73 Å². The van der Waals surface area contributed by atoms with Gasteiger partial charge in [0.2, 0.25) is 5.91 Å². The zero-order chi connectivity index (χ0) is 11.3. The first-order valence-electron chi connectivity index (χ1n) is 5.56. The third-order valence-electron chi connectivity index (χ3n) is 3.34. The molecule has 0 unspecified atom stereocenters. The van der Waals surface area contributed by atoms with Gasteiger partial charge in [-0.15, -0.1) is 0 Å². The van der Waals surface area contributed by atoms with E-state index in [2.05, 4.69) is 17.6 Å². The predicted octanol–water partition coefficient (Wildman–Crippen LogP) is 1.73. The Hall–Kier alpha value is -1.71. The molecule has 1 saturated carbocycles. The van der Waals surface area contributed by atoms with E-state index < -0.39 is 0 Å². The molecule has 1 fully saturated rings. The van der Waals surface area contributed by atoms with Gasteiger partial charge in [-0.1, -0.05) is 0 Å². The van der Waals surface area contributed by atoms with Crippen molar-refractivity contribution >= 4 is 23.0 Å². The number of anilines is 3. The molecule has 4 heteroatoms. The lowest BCUT2D eigenvalue weighted by Gasteiger charge is -2.16. The Bertz CT molecular complexity index is 477. The molecule has 4 nitrogen and oxygen atoms in total. The number of hydrogen-bond donors (Lipinski definition) is 3. The second-order valence-corrected chi connectivity index (χ2v) is 5.01. The minimum absolute atomic E-state index is 0.0455. The highest BCUT2D eigenvalue weighted by atomic mass is 16.1. The van der Waals surface area contributed by atoms with E-state index >= 15 is 0 Å². The minimum atomic E-state index is 0.0455. The maximum absolute atomic E-state index is 11.2. The highest BCUT2D eigenvalue weighted by molar-refractivity contribution is 6.00. The van der Waals surface area contributed by atoms with Gasteiger partial charge in [0.1, 0.15) is 0 Å². The molecule has 1 aromatic rings. The van der Waals surface area contributed by atoms with E-state index in [1.807, 2.05) is 12.1 Å². The van der Waals surface area contributed by atoms with Crippen molar-refractivity contribution in [2.24, 2.45) is 0 Å². The summed E-state index contributed by atoms with van der Waals surface area (Å²) >= 11 is 0. The van der Waals surface area contributed by atoms with Crippen molar-refractivity contribution in [1.82, 2.24) is 0 Å². The Morgan fingerprint density at radius 1 is 1.44 bits per heavy atom. The van der Waals surface area contributed by atoms with E-state index in [0.717, 1.165) is 22.6 Å². The SMILES string of the molecule is CC1(Nc2cc3c(cc2N)CC(=O)N3)CC1. The van der Waals surface area contributed by atoms with Gasteiger partial charge >= 0.3 is 0 Å². The summed E-state index contributed by atoms with van der Waals surface area (Å²) in [6.45, 7) is 2.18. The first-order valence-corrected chi connectivity index (χ1v) is 5.56. The van der Waals surface area contributed by atoms with Gasteiger partial charge in [-0.05, 0) is 37.5 Å². The van der Waals surface area contributed by atoms with Crippen LogP contribution in [0.15, 0.2) is 12.1 Å². The molecular formula is C12H15N3O. The Kier molecular flexibility index (Phi) is 1.73. The van der Waals surface area contributed by atoms with Gasteiger partial charge in [0, 0.05) is 11.2 Å². The van der Waals surface area contributed by atoms with E-state index in [1.54, 1.807) is 0 Å². The molecule has 2 aliphatic rings. The Morgan fingerprint density at radius 3 is 2.88 bits per heavy atom. The summed E-state index contributed by atoms with van der Waals surface area (Å²) < 4.78 is 0. The van der Waals surface area contributed by atoms with Gasteiger partial charge < -0.3 is 16.4 Å². The van der Waals surface area contributed by atoms with Crippen LogP contribution in [0.4, 0.5) is 17.1 Å². The van der Waals surface area contributed by atoms with Gasteiger partial charge in [0.05, 0.1) is 17.8 Å². The van der Waals surface area contributed by atoms with E-state index in [9.17, 15) is 4.79 Å². The molecule has 1 heterocycles. The summed E-state index contributed by atoms with van der Waals surface area (Å²) in [5.74, 6) is 0.0455. The number of fused-ring (bicyclic) bond motifs is 1. The van der Waals surface area contributed by atoms with Crippen molar-refractivity contribution in [3.8, 4) is 0 Å². The minimum Gasteiger partial charge on any atom is -0.397 e. The van der Waals surface area contributed by atoms with Crippen molar-refractivity contribution in [2.45, 2.75) is 31.7 Å². The van der Waals surface area contributed by atoms with E-state index in [1.165, 1.54) is 12.8 Å². The van der Waals surface area contributed by atoms with Gasteiger partial charge in [0.25, 0.3) is 0 Å². The zero-order valence-electron chi connectivity index (χ0n) is 9.26. The fourth-order valence-corrected chi connectivity index (χ4v) is 2.04. The first-order chi connectivity index (χ1) is 7.56. The topological polar surface area (TPSA) is 67.1 Å². The summed E-state index contributed by atoms with van der Waals surface area (Å²) in [6, 6.07) is 3.83. The fraction of sp³-hybridized carbons (Fsp3) is 0.417. The molecule has 84 valence electrons. The van der Waals surface area contributed by atoms with Crippen molar-refractivity contribution < 1.29 is 4.79 Å². The summed E-state index contributed by atoms with van der Waals surface area (Å²) in [6.07, 6.45) is 2.79. The number of hydrogen-bond acceptors (Lipinski definition) is 3. The summed E-state index contributed by atoms with van der Waals surface area (Å²) in [7, 11) is 0. The lowest BCUT2D eigenvalue weighted by Crippen LogP contribution is -2.17. The maximum atomic E-state index is 11.2. The molecule has 1 aromatic carbocycles. The molecule has 1 amide bonds. The number of nitrogen functional groups attached to an aromatic ring is 1. The standard InChI is InChI=1S/C12H15N3O/c1-12(2-3-12)15-10-6-9-7(4-8(10)13)5-11(16)14-9/h4,6,15H,2-3,5,13H2,1H3,(H,14,16). The lowest BCUT2D eigenvalue weighted by molar-refractivity contribution is -0.115. The molecule has 0 saturated heterocycles. The molecule has 0 radical (unpaired) electrons. The predicted molar refractivity (Wildman–Crippen MR) is 64.4 cm³/mol. The summed E-state index contributed by atoms with van der Waals surface area (Å²) in [5, 5.41) is 6.27. The molecule has 1 aliphatic heterocycles. The third-order valence-corrected chi connectivity index (χ3v) is 3.34. The fourth-order valence-electron chi connectivity index (χ4n) is 2.04. The average molecular weight is 217 g/mol. The van der Waals surface area contributed by atoms with Crippen molar-refractivity contribution in [3.63, 3.8) is 0 Å².